The summed E-state index contributed by atoms with van der Waals surface area (Å²) in [4.78, 5) is 0. The maximum atomic E-state index is 10.2. The van der Waals surface area contributed by atoms with Crippen LogP contribution in [-0.4, -0.2) is 115 Å². The summed E-state index contributed by atoms with van der Waals surface area (Å²) >= 11 is -37.6. The molecule has 0 heterocycles. The van der Waals surface area contributed by atoms with E-state index in [1.165, 1.54) is 0 Å². The van der Waals surface area contributed by atoms with Gasteiger partial charge in [-0.15, -0.1) is 0 Å². The summed E-state index contributed by atoms with van der Waals surface area (Å²) in [6, 6.07) is 0. The van der Waals surface area contributed by atoms with Gasteiger partial charge in [0.25, 0.3) is 0 Å². The molecule has 0 unspecified atom stereocenters. The summed E-state index contributed by atoms with van der Waals surface area (Å²) in [5, 5.41) is 0. The minimum atomic E-state index is -6.27. The summed E-state index contributed by atoms with van der Waals surface area (Å²) in [5.41, 5.74) is 0. The molecule has 0 rings (SSSR count). The zero-order chi connectivity index (χ0) is 27.0. The minimum Gasteiger partial charge on any atom is 2.00 e. The summed E-state index contributed by atoms with van der Waals surface area (Å²) in [6.45, 7) is 0. The first kappa shape index (κ1) is 60.6. The smallest absolute Gasteiger partial charge is 2.00 e. The molecule has 0 atom stereocenters. The average molecular weight is 1360 g/mol. The number of hydrogen-bond acceptors (Lipinski definition) is 18. The molecule has 18 nitrogen and oxygen atoms in total. The Hall–Kier alpha value is 3.24. The van der Waals surface area contributed by atoms with E-state index in [9.17, 15) is 17.4 Å². The molecule has 0 aliphatic heterocycles. The quantitative estimate of drug-likeness (QED) is 0.161. The number of halogens is 6. The van der Waals surface area contributed by atoms with Crippen LogP contribution in [-0.2, 0) is 88.5 Å². The van der Waals surface area contributed by atoms with Crippen LogP contribution in [0.25, 0.3) is 0 Å². The Kier molecular flexibility index (Phi) is 49.3. The van der Waals surface area contributed by atoms with Gasteiger partial charge < -0.3 is 0 Å². The van der Waals surface area contributed by atoms with Crippen LogP contribution < -0.4 is 20.8 Å². The molecule has 3 radical (unpaired) electrons. The molecular weight excluding hydrogens is 1360 g/mol. The molecule has 0 aliphatic carbocycles. The fourth-order valence-corrected chi connectivity index (χ4v) is 0. The first-order chi connectivity index (χ1) is 12.0. The van der Waals surface area contributed by atoms with Gasteiger partial charge in [-0.05, 0) is 0 Å². The molecule has 0 fully saturated rings. The molecule has 0 amide bonds. The first-order valence-electron chi connectivity index (χ1n) is 3.93. The van der Waals surface area contributed by atoms with Gasteiger partial charge in [0.2, 0.25) is 0 Å². The monoisotopic (exact) mass is 1370 g/mol. The van der Waals surface area contributed by atoms with Gasteiger partial charge in [-0.3, -0.25) is 0 Å². The summed E-state index contributed by atoms with van der Waals surface area (Å²) in [6.07, 6.45) is 0. The van der Waals surface area contributed by atoms with Crippen LogP contribution in [0.1, 0.15) is 0 Å². The molecule has 0 saturated carbocycles. The third-order valence-electron chi connectivity index (χ3n) is 0. The number of hydrogen-bond donors (Lipinski definition) is 0. The molecule has 0 saturated heterocycles. The number of rotatable bonds is 0. The second kappa shape index (κ2) is 26.8. The van der Waals surface area contributed by atoms with Crippen molar-refractivity contribution in [1.82, 2.24) is 0 Å². The first-order valence-corrected chi connectivity index (χ1v) is 26.3. The van der Waals surface area contributed by atoms with Crippen molar-refractivity contribution in [3.8, 4) is 0 Å². The average Bonchev–Trinajstić information content (AvgIpc) is 1.94. The van der Waals surface area contributed by atoms with Crippen molar-refractivity contribution in [2.24, 2.45) is 0 Å². The topological polar surface area (TPSA) is 343 Å². The third kappa shape index (κ3) is 3720. The SMILES string of the molecule is O=[Te](=O)([O-])F.O=[Te](=O)([O-])F.O=[Te](=O)([O-])F.O=[Te](=O)([O-])F.O=[Te](=O)([O-])F.O=[Te](=O)([O-])F.[Cu+2].[Cu+2].[Cu+2]. The van der Waals surface area contributed by atoms with E-state index < -0.39 is 115 Å². The van der Waals surface area contributed by atoms with Crippen LogP contribution in [0.2, 0.25) is 0 Å². The maximum absolute atomic E-state index is 10.2. The van der Waals surface area contributed by atoms with Crippen LogP contribution in [0.3, 0.4) is 0 Å². The van der Waals surface area contributed by atoms with E-state index in [0.717, 1.165) is 0 Å². The molecule has 0 bridgehead atoms. The molecular formula is Cu3F6O18Te6. The Labute approximate surface area is 237 Å². The zero-order valence-electron chi connectivity index (χ0n) is 13.0. The van der Waals surface area contributed by atoms with Gasteiger partial charge >= 0.3 is 241 Å². The molecule has 0 aliphatic rings. The van der Waals surface area contributed by atoms with E-state index >= 15 is 0 Å². The van der Waals surface area contributed by atoms with Gasteiger partial charge in [-0.25, -0.2) is 0 Å². The summed E-state index contributed by atoms with van der Waals surface area (Å²) < 4.78 is 215. The van der Waals surface area contributed by atoms with Crippen molar-refractivity contribution >= 4 is 115 Å². The molecule has 33 heteroatoms. The van der Waals surface area contributed by atoms with Crippen LogP contribution in [0.4, 0.5) is 17.4 Å². The summed E-state index contributed by atoms with van der Waals surface area (Å²) in [7, 11) is 0. The Bertz CT molecular complexity index is 788. The molecule has 33 heavy (non-hydrogen) atoms. The van der Waals surface area contributed by atoms with E-state index in [1.54, 1.807) is 0 Å². The van der Waals surface area contributed by atoms with Crippen molar-refractivity contribution < 1.29 is 127 Å². The molecule has 219 valence electrons. The molecule has 0 spiro atoms. The summed E-state index contributed by atoms with van der Waals surface area (Å²) in [5.74, 6) is 0. The minimum absolute atomic E-state index is 0. The van der Waals surface area contributed by atoms with Crippen molar-refractivity contribution in [1.29, 1.82) is 0 Å². The largest absolute Gasteiger partial charge is 2.00 e. The zero-order valence-corrected chi connectivity index (χ0v) is 29.8. The van der Waals surface area contributed by atoms with E-state index in [-0.39, 0.29) is 51.2 Å². The van der Waals surface area contributed by atoms with Crippen molar-refractivity contribution in [2.75, 3.05) is 0 Å². The third-order valence-corrected chi connectivity index (χ3v) is 0. The van der Waals surface area contributed by atoms with Crippen LogP contribution >= 0.6 is 0 Å². The van der Waals surface area contributed by atoms with E-state index in [0.29, 0.717) is 0 Å². The van der Waals surface area contributed by atoms with E-state index in [4.69, 9.17) is 58.1 Å². The van der Waals surface area contributed by atoms with Gasteiger partial charge in [0, 0.05) is 0 Å². The molecule has 0 aromatic rings. The maximum Gasteiger partial charge on any atom is 2.00 e. The van der Waals surface area contributed by atoms with E-state index in [1.807, 2.05) is 0 Å². The predicted octanol–water partition coefficient (Wildman–Crippen LogP) is -8.33. The Balaban J connectivity index is -0.0000000294. The van der Waals surface area contributed by atoms with Crippen molar-refractivity contribution in [3.05, 3.63) is 0 Å². The normalized spacial score (nSPS) is 10.5. The van der Waals surface area contributed by atoms with Gasteiger partial charge in [0.05, 0.1) is 0 Å². The van der Waals surface area contributed by atoms with E-state index in [2.05, 4.69) is 0 Å². The van der Waals surface area contributed by atoms with Crippen LogP contribution in [0, 0.1) is 0 Å². The van der Waals surface area contributed by atoms with Crippen LogP contribution in [0.15, 0.2) is 0 Å². The van der Waals surface area contributed by atoms with Crippen molar-refractivity contribution in [3.63, 3.8) is 0 Å². The Morgan fingerprint density at radius 3 is 0.273 bits per heavy atom. The Morgan fingerprint density at radius 2 is 0.273 bits per heavy atom. The second-order valence-electron chi connectivity index (χ2n) is 2.36. The van der Waals surface area contributed by atoms with Gasteiger partial charge in [0.15, 0.2) is 0 Å². The van der Waals surface area contributed by atoms with Crippen molar-refractivity contribution in [2.45, 2.75) is 0 Å². The fourth-order valence-electron chi connectivity index (χ4n) is 0. The molecule has 0 aromatic carbocycles. The Morgan fingerprint density at radius 1 is 0.273 bits per heavy atom. The molecule has 0 N–H and O–H groups in total. The fraction of sp³-hybridized carbons (Fsp3) is 0. The standard InChI is InChI=1S/3Cu.6FHO3Te/c;;;6*1-5(2,3)4/h;;;6*(H,2,3,4)/q3*+2;;;;;;/p-6. The van der Waals surface area contributed by atoms with Gasteiger partial charge in [-0.1, -0.05) is 0 Å². The predicted molar refractivity (Wildman–Crippen MR) is 49.4 cm³/mol. The van der Waals surface area contributed by atoms with Crippen LogP contribution in [0.5, 0.6) is 0 Å². The van der Waals surface area contributed by atoms with Gasteiger partial charge in [-0.2, -0.15) is 0 Å². The van der Waals surface area contributed by atoms with Gasteiger partial charge in [0.1, 0.15) is 0 Å². The molecule has 0 aromatic heterocycles. The second-order valence-corrected chi connectivity index (χ2v) is 15.8.